The summed E-state index contributed by atoms with van der Waals surface area (Å²) in [6, 6.07) is 8.02. The standard InChI is InChI=1S/C44H72N2O4/c1-29(31-25-33(41(3,4)5)37(47)34(26-31)42(6,7)8)39(49)45-23-21-19-17-15-16-18-20-22-24-46-40(50)30(2)32-27-35(43(9,10)11)38(48)36(28-32)44(12,13)14/h25-30,47-48H,15-24H2,1-14H3,(H,45,49)(H,46,50). The zero-order valence-corrected chi connectivity index (χ0v) is 34.2. The maximum atomic E-state index is 13.1. The Morgan fingerprint density at radius 3 is 0.920 bits per heavy atom. The molecule has 2 amide bonds. The van der Waals surface area contributed by atoms with E-state index in [1.165, 1.54) is 12.8 Å². The van der Waals surface area contributed by atoms with E-state index >= 15 is 0 Å². The molecule has 2 unspecified atom stereocenters. The Balaban J connectivity index is 1.70. The van der Waals surface area contributed by atoms with E-state index in [4.69, 9.17) is 0 Å². The van der Waals surface area contributed by atoms with Gasteiger partial charge in [0.05, 0.1) is 11.8 Å². The van der Waals surface area contributed by atoms with E-state index < -0.39 is 0 Å². The average molecular weight is 693 g/mol. The number of nitrogens with one attached hydrogen (secondary N) is 2. The average Bonchev–Trinajstić information content (AvgIpc) is 2.98. The molecule has 282 valence electrons. The highest BCUT2D eigenvalue weighted by Gasteiger charge is 2.30. The highest BCUT2D eigenvalue weighted by Crippen LogP contribution is 2.42. The van der Waals surface area contributed by atoms with Gasteiger partial charge in [-0.25, -0.2) is 0 Å². The fourth-order valence-corrected chi connectivity index (χ4v) is 6.44. The van der Waals surface area contributed by atoms with Crippen molar-refractivity contribution in [2.75, 3.05) is 13.1 Å². The molecule has 2 aromatic rings. The number of amides is 2. The molecule has 4 N–H and O–H groups in total. The van der Waals surface area contributed by atoms with Gasteiger partial charge in [0.2, 0.25) is 11.8 Å². The first-order valence-electron chi connectivity index (χ1n) is 19.2. The van der Waals surface area contributed by atoms with Crippen molar-refractivity contribution >= 4 is 11.8 Å². The predicted molar refractivity (Wildman–Crippen MR) is 211 cm³/mol. The first-order valence-corrected chi connectivity index (χ1v) is 19.2. The highest BCUT2D eigenvalue weighted by atomic mass is 16.3. The van der Waals surface area contributed by atoms with Crippen LogP contribution in [-0.2, 0) is 31.2 Å². The van der Waals surface area contributed by atoms with Crippen molar-refractivity contribution in [1.82, 2.24) is 10.6 Å². The predicted octanol–water partition coefficient (Wildman–Crippen LogP) is 10.5. The third kappa shape index (κ3) is 12.3. The van der Waals surface area contributed by atoms with E-state index in [1.54, 1.807) is 0 Å². The van der Waals surface area contributed by atoms with Crippen molar-refractivity contribution in [1.29, 1.82) is 0 Å². The molecule has 0 aliphatic rings. The summed E-state index contributed by atoms with van der Waals surface area (Å²) in [5.41, 5.74) is 4.52. The molecule has 2 atom stereocenters. The third-order valence-corrected chi connectivity index (χ3v) is 9.99. The van der Waals surface area contributed by atoms with Gasteiger partial charge in [0, 0.05) is 13.1 Å². The number of unbranched alkanes of at least 4 members (excludes halogenated alkanes) is 7. The van der Waals surface area contributed by atoms with Crippen molar-refractivity contribution in [2.45, 2.75) is 182 Å². The summed E-state index contributed by atoms with van der Waals surface area (Å²) < 4.78 is 0. The Labute approximate surface area is 305 Å². The molecule has 2 rings (SSSR count). The molecular formula is C44H72N2O4. The largest absolute Gasteiger partial charge is 0.507 e. The molecule has 6 heteroatoms. The van der Waals surface area contributed by atoms with Crippen molar-refractivity contribution in [2.24, 2.45) is 0 Å². The van der Waals surface area contributed by atoms with Crippen molar-refractivity contribution in [3.63, 3.8) is 0 Å². The SMILES string of the molecule is CC(C(=O)NCCCCCCCCCCNC(=O)C(C)c1cc(C(C)(C)C)c(O)c(C(C)(C)C)c1)c1cc(C(C)(C)C)c(O)c(C(C)(C)C)c1. The van der Waals surface area contributed by atoms with Gasteiger partial charge in [0.1, 0.15) is 11.5 Å². The number of hydrogen-bond donors (Lipinski definition) is 4. The van der Waals surface area contributed by atoms with Gasteiger partial charge in [0.25, 0.3) is 0 Å². The van der Waals surface area contributed by atoms with Gasteiger partial charge < -0.3 is 20.8 Å². The molecule has 0 aliphatic carbocycles. The van der Waals surface area contributed by atoms with E-state index in [2.05, 4.69) is 93.7 Å². The summed E-state index contributed by atoms with van der Waals surface area (Å²) >= 11 is 0. The van der Waals surface area contributed by atoms with Crippen LogP contribution in [0.15, 0.2) is 24.3 Å². The number of benzene rings is 2. The van der Waals surface area contributed by atoms with E-state index in [9.17, 15) is 19.8 Å². The quantitative estimate of drug-likeness (QED) is 0.140. The molecule has 0 spiro atoms. The normalized spacial score (nSPS) is 14.0. The number of rotatable bonds is 15. The minimum atomic E-state index is -0.291. The molecule has 0 fully saturated rings. The van der Waals surface area contributed by atoms with Crippen LogP contribution in [0.3, 0.4) is 0 Å². The van der Waals surface area contributed by atoms with Gasteiger partial charge >= 0.3 is 0 Å². The molecule has 6 nitrogen and oxygen atoms in total. The lowest BCUT2D eigenvalue weighted by molar-refractivity contribution is -0.123. The zero-order chi connectivity index (χ0) is 38.2. The maximum Gasteiger partial charge on any atom is 0.227 e. The topological polar surface area (TPSA) is 98.7 Å². The Hall–Kier alpha value is -3.02. The molecular weight excluding hydrogens is 620 g/mol. The van der Waals surface area contributed by atoms with Crippen LogP contribution in [-0.4, -0.2) is 35.1 Å². The van der Waals surface area contributed by atoms with Crippen LogP contribution in [0.25, 0.3) is 0 Å². The van der Waals surface area contributed by atoms with Gasteiger partial charge in [-0.2, -0.15) is 0 Å². The van der Waals surface area contributed by atoms with Gasteiger partial charge in [0.15, 0.2) is 0 Å². The first-order chi connectivity index (χ1) is 22.9. The number of carbonyl (C=O) groups excluding carboxylic acids is 2. The molecule has 0 bridgehead atoms. The van der Waals surface area contributed by atoms with Crippen LogP contribution in [0, 0.1) is 0 Å². The minimum absolute atomic E-state index is 0.0317. The molecule has 0 saturated heterocycles. The number of carbonyl (C=O) groups is 2. The van der Waals surface area contributed by atoms with Crippen molar-refractivity contribution < 1.29 is 19.8 Å². The first kappa shape index (κ1) is 43.1. The molecule has 0 aliphatic heterocycles. The summed E-state index contributed by atoms with van der Waals surface area (Å²) in [5.74, 6) is 0.166. The molecule has 2 aromatic carbocycles. The number of phenolic OH excluding ortho intramolecular Hbond substituents is 2. The summed E-state index contributed by atoms with van der Waals surface area (Å²) in [5, 5.41) is 28.3. The summed E-state index contributed by atoms with van der Waals surface area (Å²) in [7, 11) is 0. The Morgan fingerprint density at radius 1 is 0.480 bits per heavy atom. The number of phenols is 2. The van der Waals surface area contributed by atoms with Crippen LogP contribution in [0.1, 0.15) is 194 Å². The molecule has 0 aromatic heterocycles. The maximum absolute atomic E-state index is 13.1. The van der Waals surface area contributed by atoms with Crippen LogP contribution in [0.5, 0.6) is 11.5 Å². The van der Waals surface area contributed by atoms with E-state index in [-0.39, 0.29) is 45.3 Å². The lowest BCUT2D eigenvalue weighted by Gasteiger charge is -2.29. The van der Waals surface area contributed by atoms with Gasteiger partial charge in [-0.15, -0.1) is 0 Å². The summed E-state index contributed by atoms with van der Waals surface area (Å²) in [6.07, 6.45) is 8.79. The van der Waals surface area contributed by atoms with Crippen molar-refractivity contribution in [3.8, 4) is 11.5 Å². The fourth-order valence-electron chi connectivity index (χ4n) is 6.44. The lowest BCUT2D eigenvalue weighted by Crippen LogP contribution is -2.29. The second-order valence-corrected chi connectivity index (χ2v) is 18.8. The van der Waals surface area contributed by atoms with E-state index in [1.807, 2.05) is 38.1 Å². The Morgan fingerprint density at radius 2 is 0.700 bits per heavy atom. The smallest absolute Gasteiger partial charge is 0.227 e. The molecule has 50 heavy (non-hydrogen) atoms. The summed E-state index contributed by atoms with van der Waals surface area (Å²) in [6.45, 7) is 30.4. The highest BCUT2D eigenvalue weighted by molar-refractivity contribution is 5.84. The van der Waals surface area contributed by atoms with E-state index in [0.29, 0.717) is 24.6 Å². The van der Waals surface area contributed by atoms with Crippen LogP contribution >= 0.6 is 0 Å². The molecule has 0 saturated carbocycles. The molecule has 0 heterocycles. The minimum Gasteiger partial charge on any atom is -0.507 e. The lowest BCUT2D eigenvalue weighted by atomic mass is 9.77. The fraction of sp³-hybridized carbons (Fsp3) is 0.682. The zero-order valence-electron chi connectivity index (χ0n) is 34.2. The second-order valence-electron chi connectivity index (χ2n) is 18.8. The third-order valence-electron chi connectivity index (χ3n) is 9.99. The Bertz CT molecular complexity index is 1250. The number of aromatic hydroxyl groups is 2. The van der Waals surface area contributed by atoms with E-state index in [0.717, 1.165) is 71.9 Å². The summed E-state index contributed by atoms with van der Waals surface area (Å²) in [4.78, 5) is 26.1. The van der Waals surface area contributed by atoms with Gasteiger partial charge in [-0.1, -0.05) is 146 Å². The van der Waals surface area contributed by atoms with Crippen LogP contribution in [0.2, 0.25) is 0 Å². The second kappa shape index (κ2) is 17.5. The van der Waals surface area contributed by atoms with Crippen molar-refractivity contribution in [3.05, 3.63) is 57.6 Å². The van der Waals surface area contributed by atoms with Crippen LogP contribution < -0.4 is 10.6 Å². The molecule has 0 radical (unpaired) electrons. The van der Waals surface area contributed by atoms with Crippen LogP contribution in [0.4, 0.5) is 0 Å². The van der Waals surface area contributed by atoms with Gasteiger partial charge in [-0.3, -0.25) is 9.59 Å². The number of hydrogen-bond acceptors (Lipinski definition) is 4. The monoisotopic (exact) mass is 693 g/mol. The van der Waals surface area contributed by atoms with Gasteiger partial charge in [-0.05, 0) is 81.7 Å². The Kier molecular flexibility index (Phi) is 15.1.